The molecule has 2 rings (SSSR count). The van der Waals surface area contributed by atoms with Crippen LogP contribution >= 0.6 is 0 Å². The first-order valence-corrected chi connectivity index (χ1v) is 7.37. The van der Waals surface area contributed by atoms with Gasteiger partial charge in [-0.05, 0) is 24.6 Å². The lowest BCUT2D eigenvalue weighted by Gasteiger charge is -2.16. The molecule has 0 saturated heterocycles. The Kier molecular flexibility index (Phi) is 3.73. The van der Waals surface area contributed by atoms with Gasteiger partial charge in [-0.1, -0.05) is 18.2 Å². The molecule has 0 spiro atoms. The summed E-state index contributed by atoms with van der Waals surface area (Å²) in [4.78, 5) is 11.7. The van der Waals surface area contributed by atoms with E-state index in [1.807, 2.05) is 13.0 Å². The van der Waals surface area contributed by atoms with Gasteiger partial charge in [0, 0.05) is 25.7 Å². The maximum absolute atomic E-state index is 12.4. The van der Waals surface area contributed by atoms with Crippen molar-refractivity contribution in [2.24, 2.45) is 0 Å². The number of amides is 1. The largest absolute Gasteiger partial charge is 0.355 e. The van der Waals surface area contributed by atoms with Crippen molar-refractivity contribution in [3.8, 4) is 0 Å². The van der Waals surface area contributed by atoms with E-state index in [0.29, 0.717) is 5.57 Å². The molecule has 1 heterocycles. The van der Waals surface area contributed by atoms with Gasteiger partial charge < -0.3 is 5.32 Å². The minimum Gasteiger partial charge on any atom is -0.355 e. The van der Waals surface area contributed by atoms with E-state index in [4.69, 9.17) is 0 Å². The van der Waals surface area contributed by atoms with Gasteiger partial charge in [0.25, 0.3) is 0 Å². The Hall–Kier alpha value is -1.66. The second-order valence-corrected chi connectivity index (χ2v) is 6.36. The third-order valence-electron chi connectivity index (χ3n) is 3.03. The number of nitrogens with one attached hydrogen (secondary N) is 1. The molecule has 1 amide bonds. The number of benzene rings is 1. The number of likely N-dealkylation sites (N-methyl/N-ethyl adjacent to an activating group) is 1. The average Bonchev–Trinajstić information content (AvgIpc) is 2.88. The summed E-state index contributed by atoms with van der Waals surface area (Å²) in [5.41, 5.74) is 1.37. The summed E-state index contributed by atoms with van der Waals surface area (Å²) >= 11 is 0. The highest BCUT2D eigenvalue weighted by Gasteiger charge is 2.29. The van der Waals surface area contributed by atoms with Crippen molar-refractivity contribution in [3.63, 3.8) is 0 Å². The molecule has 102 valence electrons. The fourth-order valence-corrected chi connectivity index (χ4v) is 3.43. The molecule has 0 fully saturated rings. The number of sulfonamides is 1. The fraction of sp³-hybridized carbons (Fsp3) is 0.308. The van der Waals surface area contributed by atoms with E-state index in [1.54, 1.807) is 24.3 Å². The van der Waals surface area contributed by atoms with Crippen LogP contribution in [0.25, 0.3) is 0 Å². The Labute approximate surface area is 113 Å². The summed E-state index contributed by atoms with van der Waals surface area (Å²) in [5, 5.41) is 2.50. The van der Waals surface area contributed by atoms with Crippen molar-refractivity contribution in [1.29, 1.82) is 0 Å². The van der Waals surface area contributed by atoms with Gasteiger partial charge in [0.2, 0.25) is 15.9 Å². The summed E-state index contributed by atoms with van der Waals surface area (Å²) in [7, 11) is -2.01. The van der Waals surface area contributed by atoms with Crippen LogP contribution in [0.5, 0.6) is 0 Å². The standard InChI is InChI=1S/C13H16N2O3S/c1-10-4-3-5-12(8-10)19(17,18)15-7-6-11(9-15)13(16)14-2/h3-6,8H,7,9H2,1-2H3,(H,14,16). The predicted molar refractivity (Wildman–Crippen MR) is 72.1 cm³/mol. The number of carbonyl (C=O) groups is 1. The second-order valence-electron chi connectivity index (χ2n) is 4.42. The average molecular weight is 280 g/mol. The van der Waals surface area contributed by atoms with Crippen LogP contribution in [0.2, 0.25) is 0 Å². The number of hydrogen-bond donors (Lipinski definition) is 1. The zero-order valence-electron chi connectivity index (χ0n) is 10.9. The van der Waals surface area contributed by atoms with Crippen molar-refractivity contribution in [2.45, 2.75) is 11.8 Å². The zero-order valence-corrected chi connectivity index (χ0v) is 11.7. The number of hydrogen-bond acceptors (Lipinski definition) is 3. The molecule has 6 heteroatoms. The van der Waals surface area contributed by atoms with Crippen molar-refractivity contribution in [1.82, 2.24) is 9.62 Å². The van der Waals surface area contributed by atoms with Gasteiger partial charge in [-0.25, -0.2) is 8.42 Å². The first kappa shape index (κ1) is 13.8. The summed E-state index contributed by atoms with van der Waals surface area (Å²) < 4.78 is 26.1. The Balaban J connectivity index is 2.22. The number of carbonyl (C=O) groups excluding carboxylic acids is 1. The van der Waals surface area contributed by atoms with Gasteiger partial charge in [-0.3, -0.25) is 4.79 Å². The van der Waals surface area contributed by atoms with Crippen LogP contribution in [0.3, 0.4) is 0 Å². The minimum atomic E-state index is -3.53. The monoisotopic (exact) mass is 280 g/mol. The highest BCUT2D eigenvalue weighted by atomic mass is 32.2. The van der Waals surface area contributed by atoms with Crippen LogP contribution < -0.4 is 5.32 Å². The van der Waals surface area contributed by atoms with Crippen molar-refractivity contribution in [2.75, 3.05) is 20.1 Å². The smallest absolute Gasteiger partial charge is 0.248 e. The minimum absolute atomic E-state index is 0.121. The fourth-order valence-electron chi connectivity index (χ4n) is 1.96. The molecule has 0 unspecified atom stereocenters. The summed E-state index contributed by atoms with van der Waals surface area (Å²) in [6.45, 7) is 2.20. The number of aryl methyl sites for hydroxylation is 1. The van der Waals surface area contributed by atoms with Gasteiger partial charge >= 0.3 is 0 Å². The molecule has 19 heavy (non-hydrogen) atoms. The summed E-state index contributed by atoms with van der Waals surface area (Å²) in [6.07, 6.45) is 1.65. The molecule has 0 aliphatic carbocycles. The van der Waals surface area contributed by atoms with E-state index in [-0.39, 0.29) is 23.9 Å². The van der Waals surface area contributed by atoms with Gasteiger partial charge in [0.15, 0.2) is 0 Å². The Bertz CT molecular complexity index is 635. The van der Waals surface area contributed by atoms with Gasteiger partial charge in [-0.2, -0.15) is 4.31 Å². The molecule has 0 bridgehead atoms. The van der Waals surface area contributed by atoms with Crippen LogP contribution in [0, 0.1) is 6.92 Å². The molecule has 0 aromatic heterocycles. The van der Waals surface area contributed by atoms with Crippen molar-refractivity contribution in [3.05, 3.63) is 41.5 Å². The Morgan fingerprint density at radius 1 is 1.37 bits per heavy atom. The summed E-state index contributed by atoms with van der Waals surface area (Å²) in [5.74, 6) is -0.234. The topological polar surface area (TPSA) is 66.5 Å². The van der Waals surface area contributed by atoms with Crippen LogP contribution in [-0.2, 0) is 14.8 Å². The molecule has 5 nitrogen and oxygen atoms in total. The van der Waals surface area contributed by atoms with Gasteiger partial charge in [-0.15, -0.1) is 0 Å². The van der Waals surface area contributed by atoms with E-state index < -0.39 is 10.0 Å². The molecule has 1 aliphatic heterocycles. The lowest BCUT2D eigenvalue weighted by molar-refractivity contribution is -0.117. The molecule has 0 atom stereocenters. The third-order valence-corrected chi connectivity index (χ3v) is 4.84. The molecule has 1 N–H and O–H groups in total. The lowest BCUT2D eigenvalue weighted by Crippen LogP contribution is -2.31. The van der Waals surface area contributed by atoms with E-state index in [0.717, 1.165) is 5.56 Å². The highest BCUT2D eigenvalue weighted by Crippen LogP contribution is 2.21. The normalized spacial score (nSPS) is 16.2. The maximum Gasteiger partial charge on any atom is 0.248 e. The second kappa shape index (κ2) is 5.14. The van der Waals surface area contributed by atoms with Crippen LogP contribution in [0.15, 0.2) is 40.8 Å². The lowest BCUT2D eigenvalue weighted by atomic mass is 10.2. The Morgan fingerprint density at radius 3 is 2.74 bits per heavy atom. The van der Waals surface area contributed by atoms with E-state index in [1.165, 1.54) is 11.4 Å². The number of nitrogens with zero attached hydrogens (tertiary/aromatic N) is 1. The van der Waals surface area contributed by atoms with Crippen LogP contribution in [0.1, 0.15) is 5.56 Å². The highest BCUT2D eigenvalue weighted by molar-refractivity contribution is 7.89. The molecule has 0 radical (unpaired) electrons. The van der Waals surface area contributed by atoms with Crippen LogP contribution in [0.4, 0.5) is 0 Å². The number of rotatable bonds is 3. The van der Waals surface area contributed by atoms with E-state index in [9.17, 15) is 13.2 Å². The van der Waals surface area contributed by atoms with E-state index >= 15 is 0 Å². The Morgan fingerprint density at radius 2 is 2.11 bits per heavy atom. The third kappa shape index (κ3) is 2.69. The molecule has 1 aliphatic rings. The van der Waals surface area contributed by atoms with E-state index in [2.05, 4.69) is 5.32 Å². The molecule has 1 aromatic rings. The molecular weight excluding hydrogens is 264 g/mol. The maximum atomic E-state index is 12.4. The SMILES string of the molecule is CNC(=O)C1=CCN(S(=O)(=O)c2cccc(C)c2)C1. The van der Waals surface area contributed by atoms with Crippen LogP contribution in [-0.4, -0.2) is 38.8 Å². The first-order valence-electron chi connectivity index (χ1n) is 5.93. The molecule has 0 saturated carbocycles. The zero-order chi connectivity index (χ0) is 14.0. The first-order chi connectivity index (χ1) is 8.95. The van der Waals surface area contributed by atoms with Gasteiger partial charge in [0.05, 0.1) is 4.90 Å². The molecule has 1 aromatic carbocycles. The van der Waals surface area contributed by atoms with Crippen molar-refractivity contribution < 1.29 is 13.2 Å². The van der Waals surface area contributed by atoms with Crippen molar-refractivity contribution >= 4 is 15.9 Å². The summed E-state index contributed by atoms with van der Waals surface area (Å²) in [6, 6.07) is 6.76. The molecular formula is C13H16N2O3S. The quantitative estimate of drug-likeness (QED) is 0.885. The van der Waals surface area contributed by atoms with Gasteiger partial charge in [0.1, 0.15) is 0 Å². The predicted octanol–water partition coefficient (Wildman–Crippen LogP) is 0.672.